The van der Waals surface area contributed by atoms with E-state index >= 15 is 0 Å². The minimum absolute atomic E-state index is 0.216. The zero-order valence-corrected chi connectivity index (χ0v) is 17.7. The first-order valence-electron chi connectivity index (χ1n) is 10.5. The monoisotopic (exact) mass is 435 g/mol. The number of benzene rings is 2. The summed E-state index contributed by atoms with van der Waals surface area (Å²) in [6.45, 7) is 2.60. The van der Waals surface area contributed by atoms with Gasteiger partial charge in [0.25, 0.3) is 0 Å². The lowest BCUT2D eigenvalue weighted by molar-refractivity contribution is 0.0668. The number of rotatable bonds is 4. The highest BCUT2D eigenvalue weighted by atomic mass is 35.5. The first-order valence-corrected chi connectivity index (χ1v) is 10.9. The van der Waals surface area contributed by atoms with Gasteiger partial charge in [-0.05, 0) is 54.3 Å². The molecule has 1 unspecified atom stereocenters. The van der Waals surface area contributed by atoms with E-state index < -0.39 is 0 Å². The Bertz CT molecular complexity index is 1220. The lowest BCUT2D eigenvalue weighted by Gasteiger charge is -2.29. The summed E-state index contributed by atoms with van der Waals surface area (Å²) < 4.78 is 13.8. The Labute approximate surface area is 185 Å². The third-order valence-electron chi connectivity index (χ3n) is 5.89. The summed E-state index contributed by atoms with van der Waals surface area (Å²) in [6, 6.07) is 16.9. The average Bonchev–Trinajstić information content (AvgIpc) is 3.09. The van der Waals surface area contributed by atoms with E-state index in [0.29, 0.717) is 16.4 Å². The molecular formula is C25H23ClFN3O. The van der Waals surface area contributed by atoms with E-state index in [1.54, 1.807) is 6.07 Å². The number of hydrogen-bond donors (Lipinski definition) is 2. The minimum atomic E-state index is -0.302. The number of aromatic amines is 1. The highest BCUT2D eigenvalue weighted by Crippen LogP contribution is 2.36. The second-order valence-electron chi connectivity index (χ2n) is 8.17. The molecule has 3 heterocycles. The van der Waals surface area contributed by atoms with Gasteiger partial charge in [-0.1, -0.05) is 48.0 Å². The molecule has 1 aliphatic heterocycles. The van der Waals surface area contributed by atoms with Crippen LogP contribution in [0.3, 0.4) is 0 Å². The molecule has 1 fully saturated rings. The van der Waals surface area contributed by atoms with Crippen LogP contribution in [0.1, 0.15) is 18.4 Å². The number of H-pyrrole nitrogens is 1. The molecule has 2 N–H and O–H groups in total. The van der Waals surface area contributed by atoms with Gasteiger partial charge in [-0.3, -0.25) is 4.90 Å². The van der Waals surface area contributed by atoms with Crippen molar-refractivity contribution in [2.45, 2.75) is 25.5 Å². The molecule has 2 aromatic carbocycles. The molecule has 0 bridgehead atoms. The second-order valence-corrected chi connectivity index (χ2v) is 8.55. The normalized spacial score (nSPS) is 17.3. The molecule has 1 saturated heterocycles. The Kier molecular flexibility index (Phi) is 5.48. The minimum Gasteiger partial charge on any atom is -0.392 e. The number of likely N-dealkylation sites (tertiary alicyclic amines) is 1. The number of fused-ring (bicyclic) bond motifs is 1. The van der Waals surface area contributed by atoms with Crippen molar-refractivity contribution < 1.29 is 9.50 Å². The number of nitrogens with one attached hydrogen (secondary N) is 1. The summed E-state index contributed by atoms with van der Waals surface area (Å²) >= 11 is 6.44. The number of hydrogen-bond acceptors (Lipinski definition) is 3. The largest absolute Gasteiger partial charge is 0.392 e. The van der Waals surface area contributed by atoms with E-state index in [1.165, 1.54) is 17.7 Å². The van der Waals surface area contributed by atoms with Crippen LogP contribution in [0.25, 0.3) is 33.3 Å². The van der Waals surface area contributed by atoms with E-state index in [1.807, 2.05) is 18.3 Å². The number of aromatic nitrogens is 2. The molecule has 6 heteroatoms. The molecule has 5 rings (SSSR count). The van der Waals surface area contributed by atoms with Crippen LogP contribution in [0.4, 0.5) is 4.39 Å². The summed E-state index contributed by atoms with van der Waals surface area (Å²) in [6.07, 6.45) is 3.54. The highest BCUT2D eigenvalue weighted by Gasteiger charge is 2.18. The SMILES string of the molecule is OC1CCCN(Cc2ccc(-c3cnc4[nH]c(Cl)c(-c5cccc(F)c5)c4c3)cc2)C1. The standard InChI is InChI=1S/C25H23ClFN3O/c26-24-23(18-3-1-4-20(27)11-18)22-12-19(13-28-25(22)29-24)17-8-6-16(7-9-17)14-30-10-2-5-21(31)15-30/h1,3-4,6-9,11-13,21,31H,2,5,10,14-15H2,(H,28,29). The van der Waals surface area contributed by atoms with Gasteiger partial charge < -0.3 is 10.1 Å². The number of pyridine rings is 1. The Morgan fingerprint density at radius 2 is 1.94 bits per heavy atom. The van der Waals surface area contributed by atoms with Gasteiger partial charge >= 0.3 is 0 Å². The summed E-state index contributed by atoms with van der Waals surface area (Å²) in [5, 5.41) is 11.2. The quantitative estimate of drug-likeness (QED) is 0.435. The molecule has 31 heavy (non-hydrogen) atoms. The Morgan fingerprint density at radius 1 is 1.10 bits per heavy atom. The molecule has 4 nitrogen and oxygen atoms in total. The molecule has 2 aromatic heterocycles. The van der Waals surface area contributed by atoms with E-state index in [0.717, 1.165) is 54.6 Å². The van der Waals surface area contributed by atoms with Gasteiger partial charge in [0, 0.05) is 35.8 Å². The van der Waals surface area contributed by atoms with Gasteiger partial charge in [0.1, 0.15) is 16.6 Å². The van der Waals surface area contributed by atoms with E-state index in [2.05, 4.69) is 39.1 Å². The van der Waals surface area contributed by atoms with Gasteiger partial charge in [0.05, 0.1) is 6.10 Å². The number of β-amino-alcohol motifs (C(OH)–C–C–N with tert-alkyl or cyclic N) is 1. The third-order valence-corrected chi connectivity index (χ3v) is 6.18. The molecule has 0 amide bonds. The summed E-state index contributed by atoms with van der Waals surface area (Å²) in [4.78, 5) is 9.92. The Balaban J connectivity index is 1.44. The van der Waals surface area contributed by atoms with E-state index in [-0.39, 0.29) is 11.9 Å². The number of aliphatic hydroxyl groups is 1. The summed E-state index contributed by atoms with van der Waals surface area (Å²) in [7, 11) is 0. The summed E-state index contributed by atoms with van der Waals surface area (Å²) in [5.74, 6) is -0.302. The molecule has 0 aliphatic carbocycles. The van der Waals surface area contributed by atoms with Crippen molar-refractivity contribution in [2.24, 2.45) is 0 Å². The molecular weight excluding hydrogens is 413 g/mol. The van der Waals surface area contributed by atoms with Crippen LogP contribution in [0.5, 0.6) is 0 Å². The molecule has 1 atom stereocenters. The Morgan fingerprint density at radius 3 is 2.71 bits per heavy atom. The van der Waals surface area contributed by atoms with Crippen molar-refractivity contribution in [2.75, 3.05) is 13.1 Å². The predicted molar refractivity (Wildman–Crippen MR) is 122 cm³/mol. The maximum absolute atomic E-state index is 13.8. The zero-order chi connectivity index (χ0) is 21.4. The molecule has 158 valence electrons. The van der Waals surface area contributed by atoms with Gasteiger partial charge in [0.15, 0.2) is 0 Å². The fourth-order valence-electron chi connectivity index (χ4n) is 4.36. The van der Waals surface area contributed by atoms with Crippen molar-refractivity contribution >= 4 is 22.6 Å². The van der Waals surface area contributed by atoms with Crippen molar-refractivity contribution in [3.63, 3.8) is 0 Å². The van der Waals surface area contributed by atoms with Crippen LogP contribution >= 0.6 is 11.6 Å². The van der Waals surface area contributed by atoms with Crippen LogP contribution in [0.15, 0.2) is 60.8 Å². The lowest BCUT2D eigenvalue weighted by Crippen LogP contribution is -2.37. The molecule has 1 aliphatic rings. The number of halogens is 2. The average molecular weight is 436 g/mol. The predicted octanol–water partition coefficient (Wildman–Crippen LogP) is 5.65. The molecule has 0 saturated carbocycles. The fraction of sp³-hybridized carbons (Fsp3) is 0.240. The molecule has 4 aromatic rings. The van der Waals surface area contributed by atoms with Crippen LogP contribution in [-0.2, 0) is 6.54 Å². The number of piperidine rings is 1. The van der Waals surface area contributed by atoms with Crippen LogP contribution in [-0.4, -0.2) is 39.2 Å². The first-order chi connectivity index (χ1) is 15.1. The maximum atomic E-state index is 13.8. The fourth-order valence-corrected chi connectivity index (χ4v) is 4.66. The zero-order valence-electron chi connectivity index (χ0n) is 17.0. The van der Waals surface area contributed by atoms with Crippen LogP contribution < -0.4 is 0 Å². The second kappa shape index (κ2) is 8.42. The smallest absolute Gasteiger partial charge is 0.139 e. The van der Waals surface area contributed by atoms with E-state index in [4.69, 9.17) is 11.6 Å². The number of aliphatic hydroxyl groups excluding tert-OH is 1. The van der Waals surface area contributed by atoms with Crippen molar-refractivity contribution in [1.82, 2.24) is 14.9 Å². The van der Waals surface area contributed by atoms with Gasteiger partial charge in [-0.25, -0.2) is 9.37 Å². The van der Waals surface area contributed by atoms with Gasteiger partial charge in [-0.15, -0.1) is 0 Å². The summed E-state index contributed by atoms with van der Waals surface area (Å²) in [5.41, 5.74) is 5.39. The lowest BCUT2D eigenvalue weighted by atomic mass is 10.0. The highest BCUT2D eigenvalue weighted by molar-refractivity contribution is 6.34. The van der Waals surface area contributed by atoms with E-state index in [9.17, 15) is 9.50 Å². The van der Waals surface area contributed by atoms with Crippen LogP contribution in [0.2, 0.25) is 5.15 Å². The molecule has 0 spiro atoms. The van der Waals surface area contributed by atoms with Crippen molar-refractivity contribution in [3.8, 4) is 22.3 Å². The topological polar surface area (TPSA) is 52.1 Å². The molecule has 0 radical (unpaired) electrons. The van der Waals surface area contributed by atoms with Crippen molar-refractivity contribution in [3.05, 3.63) is 77.3 Å². The Hall–Kier alpha value is -2.73. The first kappa shape index (κ1) is 20.2. The van der Waals surface area contributed by atoms with Gasteiger partial charge in [-0.2, -0.15) is 0 Å². The van der Waals surface area contributed by atoms with Crippen LogP contribution in [0, 0.1) is 5.82 Å². The number of nitrogens with zero attached hydrogens (tertiary/aromatic N) is 2. The maximum Gasteiger partial charge on any atom is 0.139 e. The van der Waals surface area contributed by atoms with Gasteiger partial charge in [0.2, 0.25) is 0 Å². The van der Waals surface area contributed by atoms with Crippen molar-refractivity contribution in [1.29, 1.82) is 0 Å². The third kappa shape index (κ3) is 4.22.